The van der Waals surface area contributed by atoms with Crippen LogP contribution in [0.1, 0.15) is 38.2 Å². The molecule has 2 aromatic heterocycles. The molecule has 1 unspecified atom stereocenters. The van der Waals surface area contributed by atoms with E-state index in [1.165, 1.54) is 28.3 Å². The molecule has 0 N–H and O–H groups in total. The zero-order valence-corrected chi connectivity index (χ0v) is 15.8. The third-order valence-corrected chi connectivity index (χ3v) is 5.30. The molecule has 1 aromatic carbocycles. The SMILES string of the molecule is CCC1CCCCN1c1ccn2c(=O)n(Cc3cccc(OC)c3)nc2n1. The van der Waals surface area contributed by atoms with Gasteiger partial charge in [0.2, 0.25) is 0 Å². The van der Waals surface area contributed by atoms with Crippen molar-refractivity contribution in [3.05, 3.63) is 52.6 Å². The molecule has 0 bridgehead atoms. The van der Waals surface area contributed by atoms with Crippen molar-refractivity contribution in [1.82, 2.24) is 19.2 Å². The average molecular weight is 367 g/mol. The molecule has 1 aliphatic rings. The normalized spacial score (nSPS) is 17.4. The van der Waals surface area contributed by atoms with E-state index in [0.717, 1.165) is 30.1 Å². The Kier molecular flexibility index (Phi) is 4.83. The van der Waals surface area contributed by atoms with Crippen LogP contribution in [0.3, 0.4) is 0 Å². The van der Waals surface area contributed by atoms with Crippen LogP contribution >= 0.6 is 0 Å². The topological polar surface area (TPSA) is 64.7 Å². The predicted octanol–water partition coefficient (Wildman–Crippen LogP) is 2.72. The number of anilines is 1. The van der Waals surface area contributed by atoms with Gasteiger partial charge in [-0.15, -0.1) is 5.10 Å². The quantitative estimate of drug-likeness (QED) is 0.694. The van der Waals surface area contributed by atoms with Crippen molar-refractivity contribution in [3.63, 3.8) is 0 Å². The van der Waals surface area contributed by atoms with E-state index in [1.54, 1.807) is 13.3 Å². The van der Waals surface area contributed by atoms with E-state index in [0.29, 0.717) is 18.4 Å². The Hall–Kier alpha value is -2.83. The molecule has 4 rings (SSSR count). The van der Waals surface area contributed by atoms with Crippen molar-refractivity contribution in [2.45, 2.75) is 45.2 Å². The Labute approximate surface area is 158 Å². The first kappa shape index (κ1) is 17.6. The molecule has 3 aromatic rings. The van der Waals surface area contributed by atoms with E-state index in [2.05, 4.69) is 21.9 Å². The highest BCUT2D eigenvalue weighted by molar-refractivity contribution is 5.45. The van der Waals surface area contributed by atoms with Gasteiger partial charge < -0.3 is 9.64 Å². The first-order chi connectivity index (χ1) is 13.2. The molecular formula is C20H25N5O2. The monoisotopic (exact) mass is 367 g/mol. The van der Waals surface area contributed by atoms with Crippen LogP contribution in [-0.4, -0.2) is 38.9 Å². The summed E-state index contributed by atoms with van der Waals surface area (Å²) in [6.07, 6.45) is 6.53. The summed E-state index contributed by atoms with van der Waals surface area (Å²) in [4.78, 5) is 19.7. The fraction of sp³-hybridized carbons (Fsp3) is 0.450. The van der Waals surface area contributed by atoms with Gasteiger partial charge in [0.05, 0.1) is 13.7 Å². The maximum Gasteiger partial charge on any atom is 0.351 e. The highest BCUT2D eigenvalue weighted by atomic mass is 16.5. The Morgan fingerprint density at radius 3 is 2.96 bits per heavy atom. The lowest BCUT2D eigenvalue weighted by atomic mass is 10.0. The molecule has 27 heavy (non-hydrogen) atoms. The van der Waals surface area contributed by atoms with E-state index < -0.39 is 0 Å². The van der Waals surface area contributed by atoms with E-state index in [-0.39, 0.29) is 5.69 Å². The molecule has 0 aliphatic carbocycles. The van der Waals surface area contributed by atoms with Crippen molar-refractivity contribution in [3.8, 4) is 5.75 Å². The third-order valence-electron chi connectivity index (χ3n) is 5.30. The summed E-state index contributed by atoms with van der Waals surface area (Å²) in [5.41, 5.74) is 0.778. The van der Waals surface area contributed by atoms with Crippen LogP contribution in [0.5, 0.6) is 5.75 Å². The van der Waals surface area contributed by atoms with Gasteiger partial charge in [0.25, 0.3) is 5.78 Å². The smallest absolute Gasteiger partial charge is 0.351 e. The minimum Gasteiger partial charge on any atom is -0.497 e. The molecule has 142 valence electrons. The summed E-state index contributed by atoms with van der Waals surface area (Å²) in [5.74, 6) is 2.12. The second kappa shape index (κ2) is 7.42. The van der Waals surface area contributed by atoms with E-state index in [9.17, 15) is 4.79 Å². The average Bonchev–Trinajstić information content (AvgIpc) is 3.02. The summed E-state index contributed by atoms with van der Waals surface area (Å²) in [6, 6.07) is 10.1. The summed E-state index contributed by atoms with van der Waals surface area (Å²) in [7, 11) is 1.63. The fourth-order valence-electron chi connectivity index (χ4n) is 3.83. The molecule has 1 saturated heterocycles. The molecule has 7 heteroatoms. The largest absolute Gasteiger partial charge is 0.497 e. The van der Waals surface area contributed by atoms with Crippen molar-refractivity contribution >= 4 is 11.6 Å². The summed E-state index contributed by atoms with van der Waals surface area (Å²) >= 11 is 0. The third kappa shape index (κ3) is 3.41. The molecule has 0 amide bonds. The van der Waals surface area contributed by atoms with Gasteiger partial charge in [0, 0.05) is 18.8 Å². The number of nitrogens with zero attached hydrogens (tertiary/aromatic N) is 5. The van der Waals surface area contributed by atoms with Crippen LogP contribution in [0.15, 0.2) is 41.3 Å². The second-order valence-corrected chi connectivity index (χ2v) is 7.00. The van der Waals surface area contributed by atoms with Crippen molar-refractivity contribution in [2.24, 2.45) is 0 Å². The minimum atomic E-state index is -0.183. The summed E-state index contributed by atoms with van der Waals surface area (Å²) in [6.45, 7) is 3.61. The van der Waals surface area contributed by atoms with Crippen molar-refractivity contribution < 1.29 is 4.74 Å². The van der Waals surface area contributed by atoms with Crippen LogP contribution < -0.4 is 15.3 Å². The first-order valence-corrected chi connectivity index (χ1v) is 9.55. The molecule has 1 atom stereocenters. The number of ether oxygens (including phenoxy) is 1. The second-order valence-electron chi connectivity index (χ2n) is 7.00. The van der Waals surface area contributed by atoms with Gasteiger partial charge in [-0.1, -0.05) is 19.1 Å². The van der Waals surface area contributed by atoms with Crippen molar-refractivity contribution in [2.75, 3.05) is 18.6 Å². The lowest BCUT2D eigenvalue weighted by Gasteiger charge is -2.36. The highest BCUT2D eigenvalue weighted by Crippen LogP contribution is 2.24. The number of hydrogen-bond donors (Lipinski definition) is 0. The van der Waals surface area contributed by atoms with Gasteiger partial charge in [-0.05, 0) is 49.4 Å². The number of aromatic nitrogens is 4. The van der Waals surface area contributed by atoms with E-state index >= 15 is 0 Å². The van der Waals surface area contributed by atoms with Gasteiger partial charge in [0.15, 0.2) is 0 Å². The van der Waals surface area contributed by atoms with Gasteiger partial charge in [-0.25, -0.2) is 13.9 Å². The number of fused-ring (bicyclic) bond motifs is 1. The number of methoxy groups -OCH3 is 1. The molecule has 0 saturated carbocycles. The molecule has 7 nitrogen and oxygen atoms in total. The molecule has 0 spiro atoms. The number of benzene rings is 1. The molecule has 3 heterocycles. The fourth-order valence-corrected chi connectivity index (χ4v) is 3.83. The van der Waals surface area contributed by atoms with Crippen LogP contribution in [0.4, 0.5) is 5.82 Å². The maximum atomic E-state index is 12.7. The van der Waals surface area contributed by atoms with Gasteiger partial charge >= 0.3 is 5.69 Å². The summed E-state index contributed by atoms with van der Waals surface area (Å²) < 4.78 is 8.22. The molecular weight excluding hydrogens is 342 g/mol. The van der Waals surface area contributed by atoms with Gasteiger partial charge in [0.1, 0.15) is 11.6 Å². The van der Waals surface area contributed by atoms with Crippen LogP contribution in [0.25, 0.3) is 5.78 Å². The standard InChI is InChI=1S/C20H25N5O2/c1-3-16-8-4-5-11-23(16)18-10-12-24-19(21-18)22-25(20(24)26)14-15-7-6-9-17(13-15)27-2/h6-7,9-10,12-13,16H,3-5,8,11,14H2,1-2H3. The lowest BCUT2D eigenvalue weighted by Crippen LogP contribution is -2.39. The van der Waals surface area contributed by atoms with Crippen LogP contribution in [0, 0.1) is 0 Å². The zero-order valence-electron chi connectivity index (χ0n) is 15.8. The van der Waals surface area contributed by atoms with E-state index in [1.807, 2.05) is 30.3 Å². The minimum absolute atomic E-state index is 0.183. The van der Waals surface area contributed by atoms with Gasteiger partial charge in [-0.2, -0.15) is 4.98 Å². The lowest BCUT2D eigenvalue weighted by molar-refractivity contribution is 0.414. The Balaban J connectivity index is 1.66. The van der Waals surface area contributed by atoms with E-state index in [4.69, 9.17) is 4.74 Å². The Morgan fingerprint density at radius 2 is 2.15 bits per heavy atom. The molecule has 1 fully saturated rings. The predicted molar refractivity (Wildman–Crippen MR) is 105 cm³/mol. The maximum absolute atomic E-state index is 12.7. The van der Waals surface area contributed by atoms with Crippen LogP contribution in [-0.2, 0) is 6.54 Å². The van der Waals surface area contributed by atoms with Gasteiger partial charge in [-0.3, -0.25) is 0 Å². The highest BCUT2D eigenvalue weighted by Gasteiger charge is 2.22. The number of piperidine rings is 1. The summed E-state index contributed by atoms with van der Waals surface area (Å²) in [5, 5.41) is 4.46. The Morgan fingerprint density at radius 1 is 1.26 bits per heavy atom. The molecule has 0 radical (unpaired) electrons. The molecule has 1 aliphatic heterocycles. The zero-order chi connectivity index (χ0) is 18.8. The Bertz CT molecular complexity index is 993. The van der Waals surface area contributed by atoms with Crippen LogP contribution in [0.2, 0.25) is 0 Å². The first-order valence-electron chi connectivity index (χ1n) is 9.55. The van der Waals surface area contributed by atoms with Crippen molar-refractivity contribution in [1.29, 1.82) is 0 Å². The number of rotatable bonds is 5. The number of hydrogen-bond acceptors (Lipinski definition) is 5.